The fourth-order valence-electron chi connectivity index (χ4n) is 3.76. The monoisotopic (exact) mass is 273 g/mol. The van der Waals surface area contributed by atoms with Crippen molar-refractivity contribution in [2.45, 2.75) is 51.6 Å². The van der Waals surface area contributed by atoms with E-state index in [1.165, 1.54) is 44.5 Å². The van der Waals surface area contributed by atoms with Crippen LogP contribution in [0.3, 0.4) is 0 Å². The number of anilines is 1. The van der Waals surface area contributed by atoms with Gasteiger partial charge in [0, 0.05) is 43.3 Å². The zero-order chi connectivity index (χ0) is 13.9. The largest absolute Gasteiger partial charge is 0.371 e. The highest BCUT2D eigenvalue weighted by atomic mass is 15.2. The minimum atomic E-state index is 0.714. The van der Waals surface area contributed by atoms with Gasteiger partial charge in [-0.2, -0.15) is 0 Å². The number of piperidine rings is 1. The van der Waals surface area contributed by atoms with Crippen LogP contribution in [0.2, 0.25) is 0 Å². The minimum absolute atomic E-state index is 0.714. The SMILES string of the molecule is CC1CCC(NC2CCN(c3ccncc3)CC2)C1C. The van der Waals surface area contributed by atoms with E-state index in [-0.39, 0.29) is 0 Å². The molecule has 1 N–H and O–H groups in total. The number of nitrogens with one attached hydrogen (secondary N) is 1. The topological polar surface area (TPSA) is 28.2 Å². The van der Waals surface area contributed by atoms with E-state index in [4.69, 9.17) is 0 Å². The first-order valence-electron chi connectivity index (χ1n) is 8.15. The third-order valence-corrected chi connectivity index (χ3v) is 5.44. The molecule has 1 aliphatic heterocycles. The molecule has 110 valence electrons. The Kier molecular flexibility index (Phi) is 4.25. The van der Waals surface area contributed by atoms with Crippen molar-refractivity contribution in [3.05, 3.63) is 24.5 Å². The van der Waals surface area contributed by atoms with Crippen molar-refractivity contribution in [1.29, 1.82) is 0 Å². The first-order chi connectivity index (χ1) is 9.74. The second-order valence-corrected chi connectivity index (χ2v) is 6.65. The highest BCUT2D eigenvalue weighted by molar-refractivity contribution is 5.44. The van der Waals surface area contributed by atoms with Gasteiger partial charge in [0.25, 0.3) is 0 Å². The molecular formula is C17H27N3. The molecule has 3 unspecified atom stereocenters. The maximum atomic E-state index is 4.10. The van der Waals surface area contributed by atoms with Crippen molar-refractivity contribution < 1.29 is 0 Å². The van der Waals surface area contributed by atoms with Gasteiger partial charge in [0.15, 0.2) is 0 Å². The van der Waals surface area contributed by atoms with Crippen LogP contribution in [0.4, 0.5) is 5.69 Å². The molecule has 0 aromatic carbocycles. The van der Waals surface area contributed by atoms with E-state index in [1.807, 2.05) is 12.4 Å². The van der Waals surface area contributed by atoms with E-state index < -0.39 is 0 Å². The average Bonchev–Trinajstić information content (AvgIpc) is 2.81. The average molecular weight is 273 g/mol. The van der Waals surface area contributed by atoms with Gasteiger partial charge in [-0.15, -0.1) is 0 Å². The lowest BCUT2D eigenvalue weighted by Gasteiger charge is -2.36. The quantitative estimate of drug-likeness (QED) is 0.917. The summed E-state index contributed by atoms with van der Waals surface area (Å²) in [6, 6.07) is 5.71. The molecule has 1 aromatic heterocycles. The van der Waals surface area contributed by atoms with E-state index >= 15 is 0 Å². The van der Waals surface area contributed by atoms with Gasteiger partial charge in [-0.05, 0) is 49.7 Å². The molecule has 3 nitrogen and oxygen atoms in total. The van der Waals surface area contributed by atoms with Crippen LogP contribution >= 0.6 is 0 Å². The van der Waals surface area contributed by atoms with Crippen molar-refractivity contribution in [2.24, 2.45) is 11.8 Å². The summed E-state index contributed by atoms with van der Waals surface area (Å²) in [5, 5.41) is 3.93. The van der Waals surface area contributed by atoms with Gasteiger partial charge < -0.3 is 10.2 Å². The number of hydrogen-bond donors (Lipinski definition) is 1. The van der Waals surface area contributed by atoms with E-state index in [0.717, 1.165) is 17.9 Å². The molecule has 1 aliphatic carbocycles. The van der Waals surface area contributed by atoms with Crippen LogP contribution in [0.5, 0.6) is 0 Å². The summed E-state index contributed by atoms with van der Waals surface area (Å²) in [5.74, 6) is 1.73. The summed E-state index contributed by atoms with van der Waals surface area (Å²) in [4.78, 5) is 6.59. The van der Waals surface area contributed by atoms with E-state index in [1.54, 1.807) is 0 Å². The molecular weight excluding hydrogens is 246 g/mol. The fraction of sp³-hybridized carbons (Fsp3) is 0.706. The Hall–Kier alpha value is -1.09. The second-order valence-electron chi connectivity index (χ2n) is 6.65. The minimum Gasteiger partial charge on any atom is -0.371 e. The van der Waals surface area contributed by atoms with Crippen LogP contribution in [0, 0.1) is 11.8 Å². The van der Waals surface area contributed by atoms with Crippen molar-refractivity contribution in [3.8, 4) is 0 Å². The fourth-order valence-corrected chi connectivity index (χ4v) is 3.76. The van der Waals surface area contributed by atoms with Gasteiger partial charge in [0.05, 0.1) is 0 Å². The zero-order valence-corrected chi connectivity index (χ0v) is 12.8. The molecule has 2 fully saturated rings. The number of nitrogens with zero attached hydrogens (tertiary/aromatic N) is 2. The number of hydrogen-bond acceptors (Lipinski definition) is 3. The highest BCUT2D eigenvalue weighted by Gasteiger charge is 2.31. The molecule has 0 amide bonds. The summed E-state index contributed by atoms with van der Waals surface area (Å²) < 4.78 is 0. The number of rotatable bonds is 3. The van der Waals surface area contributed by atoms with Crippen molar-refractivity contribution in [2.75, 3.05) is 18.0 Å². The smallest absolute Gasteiger partial charge is 0.0397 e. The van der Waals surface area contributed by atoms with Gasteiger partial charge in [-0.3, -0.25) is 4.98 Å². The Morgan fingerprint density at radius 1 is 1.05 bits per heavy atom. The Bertz CT molecular complexity index is 412. The van der Waals surface area contributed by atoms with Crippen LogP contribution in [-0.2, 0) is 0 Å². The molecule has 2 aliphatic rings. The molecule has 3 rings (SSSR count). The third-order valence-electron chi connectivity index (χ3n) is 5.44. The summed E-state index contributed by atoms with van der Waals surface area (Å²) in [6.07, 6.45) is 9.07. The Labute approximate surface area is 122 Å². The summed E-state index contributed by atoms with van der Waals surface area (Å²) in [7, 11) is 0. The first-order valence-corrected chi connectivity index (χ1v) is 8.15. The zero-order valence-electron chi connectivity index (χ0n) is 12.8. The summed E-state index contributed by atoms with van der Waals surface area (Å²) in [5.41, 5.74) is 1.32. The molecule has 0 bridgehead atoms. The van der Waals surface area contributed by atoms with Gasteiger partial charge >= 0.3 is 0 Å². The highest BCUT2D eigenvalue weighted by Crippen LogP contribution is 2.32. The normalized spacial score (nSPS) is 31.7. The maximum absolute atomic E-state index is 4.10. The van der Waals surface area contributed by atoms with Crippen LogP contribution < -0.4 is 10.2 Å². The Morgan fingerprint density at radius 3 is 2.35 bits per heavy atom. The predicted molar refractivity (Wildman–Crippen MR) is 84.0 cm³/mol. The lowest BCUT2D eigenvalue weighted by molar-refractivity contribution is 0.309. The molecule has 3 heteroatoms. The van der Waals surface area contributed by atoms with E-state index in [9.17, 15) is 0 Å². The molecule has 2 heterocycles. The van der Waals surface area contributed by atoms with Crippen LogP contribution in [0.15, 0.2) is 24.5 Å². The van der Waals surface area contributed by atoms with E-state index in [0.29, 0.717) is 6.04 Å². The Balaban J connectivity index is 1.49. The predicted octanol–water partition coefficient (Wildman–Crippen LogP) is 3.07. The van der Waals surface area contributed by atoms with E-state index in [2.05, 4.69) is 41.2 Å². The van der Waals surface area contributed by atoms with Crippen molar-refractivity contribution in [3.63, 3.8) is 0 Å². The molecule has 1 saturated heterocycles. The number of aromatic nitrogens is 1. The standard InChI is InChI=1S/C17H27N3/c1-13-3-4-17(14(13)2)19-15-7-11-20(12-8-15)16-5-9-18-10-6-16/h5-6,9-10,13-15,17,19H,3-4,7-8,11-12H2,1-2H3. The molecule has 1 aromatic rings. The van der Waals surface area contributed by atoms with Gasteiger partial charge in [0.1, 0.15) is 0 Å². The Morgan fingerprint density at radius 2 is 1.75 bits per heavy atom. The van der Waals surface area contributed by atoms with Crippen molar-refractivity contribution in [1.82, 2.24) is 10.3 Å². The van der Waals surface area contributed by atoms with Gasteiger partial charge in [-0.25, -0.2) is 0 Å². The molecule has 20 heavy (non-hydrogen) atoms. The van der Waals surface area contributed by atoms with Crippen LogP contribution in [-0.4, -0.2) is 30.2 Å². The second kappa shape index (κ2) is 6.13. The summed E-state index contributed by atoms with van der Waals surface area (Å²) >= 11 is 0. The van der Waals surface area contributed by atoms with Crippen molar-refractivity contribution >= 4 is 5.69 Å². The van der Waals surface area contributed by atoms with Gasteiger partial charge in [-0.1, -0.05) is 13.8 Å². The van der Waals surface area contributed by atoms with Crippen LogP contribution in [0.1, 0.15) is 39.5 Å². The molecule has 0 spiro atoms. The number of pyridine rings is 1. The van der Waals surface area contributed by atoms with Gasteiger partial charge in [0.2, 0.25) is 0 Å². The lowest BCUT2D eigenvalue weighted by Crippen LogP contribution is -2.47. The maximum Gasteiger partial charge on any atom is 0.0397 e. The molecule has 0 radical (unpaired) electrons. The first kappa shape index (κ1) is 13.9. The third kappa shape index (κ3) is 2.98. The van der Waals surface area contributed by atoms with Crippen LogP contribution in [0.25, 0.3) is 0 Å². The summed E-state index contributed by atoms with van der Waals surface area (Å²) in [6.45, 7) is 7.15. The molecule has 3 atom stereocenters. The molecule has 1 saturated carbocycles. The lowest BCUT2D eigenvalue weighted by atomic mass is 9.96.